The van der Waals surface area contributed by atoms with Gasteiger partial charge in [0.25, 0.3) is 0 Å². The van der Waals surface area contributed by atoms with Gasteiger partial charge in [0.05, 0.1) is 40.5 Å². The fourth-order valence-corrected chi connectivity index (χ4v) is 4.65. The second-order valence-electron chi connectivity index (χ2n) is 10.3. The number of aromatic nitrogens is 7. The van der Waals surface area contributed by atoms with E-state index in [2.05, 4.69) is 46.4 Å². The number of anilines is 5. The van der Waals surface area contributed by atoms with Crippen molar-refractivity contribution in [1.82, 2.24) is 44.7 Å². The minimum Gasteiger partial charge on any atom is -0.375 e. The topological polar surface area (TPSA) is 186 Å². The molecule has 0 aromatic carbocycles. The number of amides is 2. The molecule has 6 rings (SSSR count). The van der Waals surface area contributed by atoms with Gasteiger partial charge in [0, 0.05) is 52.7 Å². The lowest BCUT2D eigenvalue weighted by atomic mass is 10.1. The van der Waals surface area contributed by atoms with Gasteiger partial charge >= 0.3 is 12.1 Å². The number of piperazine rings is 1. The summed E-state index contributed by atoms with van der Waals surface area (Å²) in [7, 11) is 3.60. The van der Waals surface area contributed by atoms with E-state index in [1.807, 2.05) is 20.2 Å². The monoisotopic (exact) mass is 574 g/mol. The molecule has 0 atom stereocenters. The zero-order valence-corrected chi connectivity index (χ0v) is 23.3. The van der Waals surface area contributed by atoms with Crippen LogP contribution < -0.4 is 21.3 Å². The molecule has 5 heterocycles. The van der Waals surface area contributed by atoms with E-state index in [1.54, 1.807) is 34.9 Å². The number of nitrogens with zero attached hydrogens (tertiary/aromatic N) is 8. The van der Waals surface area contributed by atoms with Crippen LogP contribution in [0.2, 0.25) is 0 Å². The van der Waals surface area contributed by atoms with E-state index in [9.17, 15) is 14.4 Å². The molecule has 1 saturated heterocycles. The first-order valence-corrected chi connectivity index (χ1v) is 13.4. The van der Waals surface area contributed by atoms with Crippen LogP contribution in [0, 0.1) is 12.3 Å². The molecule has 42 heavy (non-hydrogen) atoms. The Labute approximate surface area is 239 Å². The van der Waals surface area contributed by atoms with E-state index in [-0.39, 0.29) is 0 Å². The van der Waals surface area contributed by atoms with E-state index in [1.165, 1.54) is 11.1 Å². The summed E-state index contributed by atoms with van der Waals surface area (Å²) in [5, 5.41) is 21.6. The predicted molar refractivity (Wildman–Crippen MR) is 151 cm³/mol. The highest BCUT2D eigenvalue weighted by Gasteiger charge is 2.59. The Hall–Kier alpha value is -5.12. The third kappa shape index (κ3) is 5.30. The van der Waals surface area contributed by atoms with Crippen LogP contribution in [-0.2, 0) is 28.4 Å². The van der Waals surface area contributed by atoms with Crippen LogP contribution in [0.1, 0.15) is 18.5 Å². The quantitative estimate of drug-likeness (QED) is 0.185. The number of nitrogens with one attached hydrogen (secondary N) is 4. The number of hydrogen-bond donors (Lipinski definition) is 4. The molecule has 218 valence electrons. The van der Waals surface area contributed by atoms with Crippen molar-refractivity contribution >= 4 is 57.8 Å². The molecule has 0 spiro atoms. The standard InChI is InChI=1S/C26H30N12O4/c1-15-19(33-20-18-13-29-24(34-21(18)37(3)35-20)32-17-12-30-36(2)14-17)10-16(11-28-15)31-22(39)26(4-5-26)23(40)42-25(41)38-8-6-27-7-9-38/h10-14,27H,4-9H2,1-3H3,(H,31,39)(H,33,35)(H,29,32,34). The lowest BCUT2D eigenvalue weighted by Gasteiger charge is -2.26. The van der Waals surface area contributed by atoms with Crippen LogP contribution in [0.3, 0.4) is 0 Å². The number of rotatable bonds is 7. The summed E-state index contributed by atoms with van der Waals surface area (Å²) in [6, 6.07) is 1.70. The Morgan fingerprint density at radius 2 is 1.81 bits per heavy atom. The SMILES string of the molecule is Cc1ncc(NC(=O)C2(C(=O)OC(=O)N3CCNCC3)CC2)cc1Nc1nn(C)c2nc(Nc3cnn(C)c3)ncc12. The maximum absolute atomic E-state index is 13.2. The van der Waals surface area contributed by atoms with Crippen LogP contribution in [0.15, 0.2) is 30.9 Å². The van der Waals surface area contributed by atoms with Crippen LogP contribution >= 0.6 is 0 Å². The molecule has 1 saturated carbocycles. The summed E-state index contributed by atoms with van der Waals surface area (Å²) < 4.78 is 8.39. The van der Waals surface area contributed by atoms with Gasteiger partial charge in [0.1, 0.15) is 5.41 Å². The van der Waals surface area contributed by atoms with E-state index < -0.39 is 23.4 Å². The smallest absolute Gasteiger partial charge is 0.375 e. The molecule has 16 nitrogen and oxygen atoms in total. The molecule has 1 aliphatic heterocycles. The van der Waals surface area contributed by atoms with Crippen LogP contribution in [0.5, 0.6) is 0 Å². The number of carbonyl (C=O) groups excluding carboxylic acids is 3. The molecule has 4 aromatic heterocycles. The lowest BCUT2D eigenvalue weighted by Crippen LogP contribution is -2.48. The Balaban J connectivity index is 1.15. The molecule has 2 amide bonds. The molecule has 4 N–H and O–H groups in total. The number of pyridine rings is 1. The first kappa shape index (κ1) is 27.1. The number of carbonyl (C=O) groups is 3. The molecule has 1 aliphatic carbocycles. The van der Waals surface area contributed by atoms with Crippen molar-refractivity contribution in [3.05, 3.63) is 36.5 Å². The van der Waals surface area contributed by atoms with Gasteiger partial charge in [0.2, 0.25) is 11.9 Å². The summed E-state index contributed by atoms with van der Waals surface area (Å²) in [6.07, 6.45) is 6.52. The number of aryl methyl sites for hydroxylation is 3. The summed E-state index contributed by atoms with van der Waals surface area (Å²) in [4.78, 5) is 53.2. The van der Waals surface area contributed by atoms with Crippen molar-refractivity contribution in [3.63, 3.8) is 0 Å². The van der Waals surface area contributed by atoms with Gasteiger partial charge in [0.15, 0.2) is 11.5 Å². The first-order chi connectivity index (χ1) is 20.2. The summed E-state index contributed by atoms with van der Waals surface area (Å²) >= 11 is 0. The van der Waals surface area contributed by atoms with Crippen molar-refractivity contribution in [2.24, 2.45) is 19.5 Å². The maximum Gasteiger partial charge on any atom is 0.417 e. The molecule has 2 aliphatic rings. The Kier molecular flexibility index (Phi) is 6.89. The van der Waals surface area contributed by atoms with E-state index in [0.29, 0.717) is 78.9 Å². The summed E-state index contributed by atoms with van der Waals surface area (Å²) in [5.74, 6) is -0.473. The average Bonchev–Trinajstić information content (AvgIpc) is 3.62. The van der Waals surface area contributed by atoms with Crippen molar-refractivity contribution < 1.29 is 19.1 Å². The number of ether oxygens (including phenoxy) is 1. The third-order valence-electron chi connectivity index (χ3n) is 7.27. The summed E-state index contributed by atoms with van der Waals surface area (Å²) in [6.45, 7) is 3.94. The minimum absolute atomic E-state index is 0.300. The van der Waals surface area contributed by atoms with Gasteiger partial charge in [-0.2, -0.15) is 15.2 Å². The highest BCUT2D eigenvalue weighted by atomic mass is 16.6. The summed E-state index contributed by atoms with van der Waals surface area (Å²) in [5.41, 5.74) is 1.58. The van der Waals surface area contributed by atoms with E-state index >= 15 is 0 Å². The fourth-order valence-electron chi connectivity index (χ4n) is 4.65. The first-order valence-electron chi connectivity index (χ1n) is 13.4. The van der Waals surface area contributed by atoms with Crippen molar-refractivity contribution in [2.75, 3.05) is 42.1 Å². The number of fused-ring (bicyclic) bond motifs is 1. The van der Waals surface area contributed by atoms with Crippen LogP contribution in [-0.4, -0.2) is 83.6 Å². The number of esters is 1. The largest absolute Gasteiger partial charge is 0.417 e. The minimum atomic E-state index is -1.39. The third-order valence-corrected chi connectivity index (χ3v) is 7.27. The Morgan fingerprint density at radius 3 is 2.52 bits per heavy atom. The molecule has 16 heteroatoms. The van der Waals surface area contributed by atoms with Gasteiger partial charge in [-0.25, -0.2) is 14.5 Å². The average molecular weight is 575 g/mol. The van der Waals surface area contributed by atoms with Gasteiger partial charge in [-0.15, -0.1) is 0 Å². The van der Waals surface area contributed by atoms with Gasteiger partial charge < -0.3 is 30.9 Å². The highest BCUT2D eigenvalue weighted by molar-refractivity contribution is 6.13. The van der Waals surface area contributed by atoms with E-state index in [4.69, 9.17) is 4.74 Å². The van der Waals surface area contributed by atoms with Gasteiger partial charge in [-0.3, -0.25) is 19.3 Å². The van der Waals surface area contributed by atoms with Crippen molar-refractivity contribution in [2.45, 2.75) is 19.8 Å². The molecule has 4 aromatic rings. The zero-order chi connectivity index (χ0) is 29.4. The molecule has 0 unspecified atom stereocenters. The predicted octanol–water partition coefficient (Wildman–Crippen LogP) is 1.57. The molecular weight excluding hydrogens is 544 g/mol. The van der Waals surface area contributed by atoms with Gasteiger partial charge in [-0.05, 0) is 25.8 Å². The normalized spacial score (nSPS) is 15.7. The molecule has 0 bridgehead atoms. The number of hydrogen-bond acceptors (Lipinski definition) is 12. The zero-order valence-electron chi connectivity index (χ0n) is 23.3. The fraction of sp³-hybridized carbons (Fsp3) is 0.385. The molecule has 0 radical (unpaired) electrons. The second-order valence-corrected chi connectivity index (χ2v) is 10.3. The van der Waals surface area contributed by atoms with Crippen molar-refractivity contribution in [3.8, 4) is 0 Å². The molecule has 2 fully saturated rings. The van der Waals surface area contributed by atoms with Crippen molar-refractivity contribution in [1.29, 1.82) is 0 Å². The van der Waals surface area contributed by atoms with Gasteiger partial charge in [-0.1, -0.05) is 0 Å². The second kappa shape index (κ2) is 10.7. The maximum atomic E-state index is 13.2. The lowest BCUT2D eigenvalue weighted by molar-refractivity contribution is -0.148. The van der Waals surface area contributed by atoms with Crippen LogP contribution in [0.25, 0.3) is 11.0 Å². The molecular formula is C26H30N12O4. The highest BCUT2D eigenvalue weighted by Crippen LogP contribution is 2.48. The Morgan fingerprint density at radius 1 is 1.02 bits per heavy atom. The van der Waals surface area contributed by atoms with E-state index in [0.717, 1.165) is 5.69 Å². The Bertz CT molecular complexity index is 1690. The van der Waals surface area contributed by atoms with Crippen LogP contribution in [0.4, 0.5) is 33.6 Å².